The molecule has 1 rings (SSSR count). The molecule has 0 aliphatic heterocycles. The number of nitrogens with zero attached hydrogens (tertiary/aromatic N) is 4. The fourth-order valence-electron chi connectivity index (χ4n) is 1.33. The van der Waals surface area contributed by atoms with Gasteiger partial charge < -0.3 is 4.90 Å². The summed E-state index contributed by atoms with van der Waals surface area (Å²) in [5, 5.41) is 6.83. The lowest BCUT2D eigenvalue weighted by molar-refractivity contribution is -0.738. The van der Waals surface area contributed by atoms with Gasteiger partial charge in [0.25, 0.3) is 0 Å². The quantitative estimate of drug-likeness (QED) is 0.468. The molecule has 5 heteroatoms. The van der Waals surface area contributed by atoms with Gasteiger partial charge in [-0.2, -0.15) is 0 Å². The van der Waals surface area contributed by atoms with Gasteiger partial charge in [-0.15, -0.1) is 4.68 Å². The molecule has 0 radical (unpaired) electrons. The molecule has 0 amide bonds. The number of aromatic nitrogens is 2. The number of aryl methyl sites for hydroxylation is 1. The highest BCUT2D eigenvalue weighted by Gasteiger charge is 2.25. The SMILES string of the molecule is CCCC[n+]1nc(C(C)(C)C)sc1N=CN(C)C. The standard InChI is InChI=1S/C13H25N4S/c1-7-8-9-17-12(14-10-16(5)6)18-11(15-17)13(2,3)4/h10H,7-9H2,1-6H3/q+1. The highest BCUT2D eigenvalue weighted by atomic mass is 32.1. The Hall–Kier alpha value is -0.970. The molecule has 0 spiro atoms. The average molecular weight is 269 g/mol. The van der Waals surface area contributed by atoms with Gasteiger partial charge >= 0.3 is 5.13 Å². The maximum Gasteiger partial charge on any atom is 0.406 e. The first kappa shape index (κ1) is 15.1. The fourth-order valence-corrected chi connectivity index (χ4v) is 2.28. The zero-order valence-corrected chi connectivity index (χ0v) is 13.2. The van der Waals surface area contributed by atoms with E-state index in [1.807, 2.05) is 30.0 Å². The van der Waals surface area contributed by atoms with Crippen LogP contribution in [0.4, 0.5) is 5.13 Å². The maximum atomic E-state index is 4.70. The summed E-state index contributed by atoms with van der Waals surface area (Å²) in [5.74, 6) is 0. The third kappa shape index (κ3) is 4.37. The van der Waals surface area contributed by atoms with E-state index in [9.17, 15) is 0 Å². The van der Waals surface area contributed by atoms with Gasteiger partial charge in [-0.25, -0.2) is 0 Å². The molecule has 1 aromatic rings. The molecule has 0 saturated heterocycles. The highest BCUT2D eigenvalue weighted by molar-refractivity contribution is 7.14. The van der Waals surface area contributed by atoms with Crippen molar-refractivity contribution in [2.75, 3.05) is 14.1 Å². The summed E-state index contributed by atoms with van der Waals surface area (Å²) in [6.45, 7) is 9.71. The Morgan fingerprint density at radius 1 is 1.39 bits per heavy atom. The van der Waals surface area contributed by atoms with Crippen LogP contribution < -0.4 is 4.68 Å². The minimum absolute atomic E-state index is 0.0878. The number of hydrogen-bond donors (Lipinski definition) is 0. The summed E-state index contributed by atoms with van der Waals surface area (Å²) < 4.78 is 2.04. The molecule has 0 unspecified atom stereocenters. The summed E-state index contributed by atoms with van der Waals surface area (Å²) in [6, 6.07) is 0. The van der Waals surface area contributed by atoms with E-state index >= 15 is 0 Å². The van der Waals surface area contributed by atoms with Crippen LogP contribution in [0.1, 0.15) is 45.5 Å². The number of hydrogen-bond acceptors (Lipinski definition) is 3. The lowest BCUT2D eigenvalue weighted by atomic mass is 9.98. The van der Waals surface area contributed by atoms with E-state index in [1.54, 1.807) is 11.3 Å². The van der Waals surface area contributed by atoms with E-state index in [0.717, 1.165) is 23.1 Å². The third-order valence-corrected chi connectivity index (χ3v) is 3.77. The molecule has 1 aromatic heterocycles. The van der Waals surface area contributed by atoms with E-state index in [2.05, 4.69) is 32.7 Å². The van der Waals surface area contributed by atoms with Crippen LogP contribution in [0.2, 0.25) is 0 Å². The molecule has 0 bridgehead atoms. The molecule has 0 aliphatic rings. The molecular formula is C13H25N4S+. The van der Waals surface area contributed by atoms with Gasteiger partial charge in [0.15, 0.2) is 0 Å². The van der Waals surface area contributed by atoms with Crippen LogP contribution in [-0.2, 0) is 12.0 Å². The summed E-state index contributed by atoms with van der Waals surface area (Å²) in [4.78, 5) is 6.46. The minimum atomic E-state index is 0.0878. The lowest BCUT2D eigenvalue weighted by Gasteiger charge is -2.11. The van der Waals surface area contributed by atoms with Crippen molar-refractivity contribution >= 4 is 22.8 Å². The zero-order valence-electron chi connectivity index (χ0n) is 12.4. The van der Waals surface area contributed by atoms with Crippen molar-refractivity contribution < 1.29 is 4.68 Å². The summed E-state index contributed by atoms with van der Waals surface area (Å²) >= 11 is 1.69. The van der Waals surface area contributed by atoms with Crippen molar-refractivity contribution in [2.45, 2.75) is 52.5 Å². The van der Waals surface area contributed by atoms with Crippen LogP contribution in [0.5, 0.6) is 0 Å². The molecule has 0 fully saturated rings. The normalized spacial score (nSPS) is 12.3. The van der Waals surface area contributed by atoms with Crippen LogP contribution in [0, 0.1) is 0 Å². The number of unbranched alkanes of at least 4 members (excludes halogenated alkanes) is 1. The molecule has 18 heavy (non-hydrogen) atoms. The topological polar surface area (TPSA) is 32.4 Å². The Labute approximate surface area is 114 Å². The Morgan fingerprint density at radius 3 is 2.56 bits per heavy atom. The van der Waals surface area contributed by atoms with Crippen LogP contribution in [0.15, 0.2) is 4.99 Å². The monoisotopic (exact) mass is 269 g/mol. The molecule has 102 valence electrons. The predicted molar refractivity (Wildman–Crippen MR) is 77.8 cm³/mol. The lowest BCUT2D eigenvalue weighted by Crippen LogP contribution is -2.36. The Morgan fingerprint density at radius 2 is 2.06 bits per heavy atom. The Bertz CT molecular complexity index is 402. The van der Waals surface area contributed by atoms with E-state index in [-0.39, 0.29) is 5.41 Å². The molecular weight excluding hydrogens is 244 g/mol. The number of aliphatic imine (C=N–C) groups is 1. The van der Waals surface area contributed by atoms with Crippen LogP contribution in [0.25, 0.3) is 0 Å². The molecule has 0 aromatic carbocycles. The third-order valence-electron chi connectivity index (χ3n) is 2.38. The van der Waals surface area contributed by atoms with Crippen molar-refractivity contribution in [3.63, 3.8) is 0 Å². The Balaban J connectivity index is 3.01. The van der Waals surface area contributed by atoms with Gasteiger partial charge in [0.1, 0.15) is 11.6 Å². The minimum Gasteiger partial charge on any atom is -0.348 e. The second-order valence-corrected chi connectivity index (χ2v) is 6.68. The van der Waals surface area contributed by atoms with Crippen molar-refractivity contribution in [1.82, 2.24) is 10.00 Å². The van der Waals surface area contributed by atoms with E-state index in [1.165, 1.54) is 6.42 Å². The second kappa shape index (κ2) is 6.27. The molecule has 4 nitrogen and oxygen atoms in total. The molecule has 0 saturated carbocycles. The molecule has 1 heterocycles. The maximum absolute atomic E-state index is 4.70. The summed E-state index contributed by atoms with van der Waals surface area (Å²) in [5.41, 5.74) is 0.0878. The fraction of sp³-hybridized carbons (Fsp3) is 0.769. The first-order chi connectivity index (χ1) is 8.34. The second-order valence-electron chi connectivity index (χ2n) is 5.72. The van der Waals surface area contributed by atoms with Crippen LogP contribution in [-0.4, -0.2) is 30.4 Å². The van der Waals surface area contributed by atoms with E-state index in [0.29, 0.717) is 0 Å². The van der Waals surface area contributed by atoms with Crippen LogP contribution in [0.3, 0.4) is 0 Å². The highest BCUT2D eigenvalue weighted by Crippen LogP contribution is 2.28. The van der Waals surface area contributed by atoms with Crippen molar-refractivity contribution in [3.8, 4) is 0 Å². The van der Waals surface area contributed by atoms with Crippen molar-refractivity contribution in [2.24, 2.45) is 4.99 Å². The first-order valence-electron chi connectivity index (χ1n) is 6.46. The average Bonchev–Trinajstić information content (AvgIpc) is 2.66. The van der Waals surface area contributed by atoms with Gasteiger partial charge in [-0.3, -0.25) is 0 Å². The van der Waals surface area contributed by atoms with Crippen molar-refractivity contribution in [1.29, 1.82) is 0 Å². The van der Waals surface area contributed by atoms with Crippen molar-refractivity contribution in [3.05, 3.63) is 5.01 Å². The zero-order chi connectivity index (χ0) is 13.8. The Kier molecular flexibility index (Phi) is 5.26. The smallest absolute Gasteiger partial charge is 0.348 e. The summed E-state index contributed by atoms with van der Waals surface area (Å²) in [6.07, 6.45) is 4.15. The van der Waals surface area contributed by atoms with Gasteiger partial charge in [-0.05, 0) is 22.8 Å². The molecule has 0 N–H and O–H groups in total. The largest absolute Gasteiger partial charge is 0.406 e. The van der Waals surface area contributed by atoms with Gasteiger partial charge in [0, 0.05) is 19.5 Å². The first-order valence-corrected chi connectivity index (χ1v) is 7.28. The predicted octanol–water partition coefficient (Wildman–Crippen LogP) is 2.75. The van der Waals surface area contributed by atoms with Gasteiger partial charge in [0.2, 0.25) is 6.34 Å². The molecule has 0 aliphatic carbocycles. The molecule has 0 atom stereocenters. The van der Waals surface area contributed by atoms with Gasteiger partial charge in [-0.1, -0.05) is 39.2 Å². The van der Waals surface area contributed by atoms with E-state index < -0.39 is 0 Å². The summed E-state index contributed by atoms with van der Waals surface area (Å²) in [7, 11) is 3.96. The van der Waals surface area contributed by atoms with Gasteiger partial charge in [0.05, 0.1) is 0 Å². The van der Waals surface area contributed by atoms with E-state index in [4.69, 9.17) is 5.10 Å². The number of rotatable bonds is 5. The van der Waals surface area contributed by atoms with Crippen LogP contribution >= 0.6 is 11.3 Å².